The third-order valence-corrected chi connectivity index (χ3v) is 6.74. The molecule has 0 aliphatic heterocycles. The van der Waals surface area contributed by atoms with Crippen LogP contribution in [-0.2, 0) is 4.57 Å². The Kier molecular flexibility index (Phi) is 21.4. The van der Waals surface area contributed by atoms with Gasteiger partial charge in [0.15, 0.2) is 0 Å². The van der Waals surface area contributed by atoms with Crippen LogP contribution < -0.4 is 0 Å². The predicted octanol–water partition coefficient (Wildman–Crippen LogP) is 7.74. The van der Waals surface area contributed by atoms with Crippen LogP contribution in [-0.4, -0.2) is 27.2 Å². The van der Waals surface area contributed by atoms with Crippen molar-refractivity contribution in [1.82, 2.24) is 0 Å². The molecule has 1 unspecified atom stereocenters. The molecule has 0 bridgehead atoms. The highest BCUT2D eigenvalue weighted by atomic mass is 31.2. The summed E-state index contributed by atoms with van der Waals surface area (Å²) < 4.78 is 10.8. The average Bonchev–Trinajstić information content (AvgIpc) is 2.65. The second kappa shape index (κ2) is 21.3. The molecule has 29 heavy (non-hydrogen) atoms. The average molecular weight is 435 g/mol. The van der Waals surface area contributed by atoms with Gasteiger partial charge in [-0.15, -0.1) is 0 Å². The fourth-order valence-electron chi connectivity index (χ4n) is 4.00. The molecule has 0 heterocycles. The summed E-state index contributed by atoms with van der Waals surface area (Å²) >= 11 is 0. The van der Waals surface area contributed by atoms with Gasteiger partial charge in [0.25, 0.3) is 0 Å². The SMILES string of the molecule is CCCCCCCCCCCCCCCCCCCCCCC(O)CP(=O)(O)O. The Morgan fingerprint density at radius 3 is 1.10 bits per heavy atom. The number of aliphatic hydroxyl groups is 1. The molecule has 3 N–H and O–H groups in total. The Balaban J connectivity index is 3.11. The van der Waals surface area contributed by atoms with Crippen molar-refractivity contribution in [3.63, 3.8) is 0 Å². The molecular formula is C24H51O4P. The van der Waals surface area contributed by atoms with Crippen molar-refractivity contribution in [1.29, 1.82) is 0 Å². The van der Waals surface area contributed by atoms with Crippen molar-refractivity contribution in [2.24, 2.45) is 0 Å². The Hall–Kier alpha value is 0.110. The zero-order chi connectivity index (χ0) is 21.6. The molecule has 0 rings (SSSR count). The normalized spacial score (nSPS) is 13.1. The van der Waals surface area contributed by atoms with Crippen LogP contribution in [0.1, 0.15) is 142 Å². The van der Waals surface area contributed by atoms with Crippen LogP contribution in [0.2, 0.25) is 0 Å². The van der Waals surface area contributed by atoms with Gasteiger partial charge in [0.2, 0.25) is 0 Å². The van der Waals surface area contributed by atoms with Gasteiger partial charge in [-0.3, -0.25) is 4.57 Å². The summed E-state index contributed by atoms with van der Waals surface area (Å²) in [5.74, 6) is 0. The second-order valence-electron chi connectivity index (χ2n) is 9.01. The highest BCUT2D eigenvalue weighted by Crippen LogP contribution is 2.35. The van der Waals surface area contributed by atoms with Crippen LogP contribution in [0, 0.1) is 0 Å². The van der Waals surface area contributed by atoms with E-state index in [0.29, 0.717) is 6.42 Å². The lowest BCUT2D eigenvalue weighted by molar-refractivity contribution is 0.175. The molecule has 0 aromatic heterocycles. The van der Waals surface area contributed by atoms with Crippen molar-refractivity contribution in [2.45, 2.75) is 148 Å². The van der Waals surface area contributed by atoms with Crippen LogP contribution >= 0.6 is 7.60 Å². The summed E-state index contributed by atoms with van der Waals surface area (Å²) in [4.78, 5) is 17.6. The molecule has 0 aromatic rings. The van der Waals surface area contributed by atoms with E-state index in [-0.39, 0.29) is 0 Å². The Morgan fingerprint density at radius 1 is 0.552 bits per heavy atom. The fourth-order valence-corrected chi connectivity index (χ4v) is 4.73. The highest BCUT2D eigenvalue weighted by Gasteiger charge is 2.18. The minimum Gasteiger partial charge on any atom is -0.392 e. The first kappa shape index (κ1) is 29.1. The third kappa shape index (κ3) is 26.1. The standard InChI is InChI=1S/C24H51O4P/c1-2-3-4-5-6-7-8-9-10-11-12-13-14-15-16-17-18-19-20-21-22-24(25)23-29(26,27)28/h24-25H,2-23H2,1H3,(H2,26,27,28). The number of unbranched alkanes of at least 4 members (excludes halogenated alkanes) is 19. The molecule has 176 valence electrons. The topological polar surface area (TPSA) is 77.8 Å². The van der Waals surface area contributed by atoms with Crippen molar-refractivity contribution in [2.75, 3.05) is 6.16 Å². The minimum absolute atomic E-state index is 0.397. The number of aliphatic hydroxyl groups excluding tert-OH is 1. The second-order valence-corrected chi connectivity index (χ2v) is 10.7. The van der Waals surface area contributed by atoms with E-state index in [0.717, 1.165) is 12.8 Å². The predicted molar refractivity (Wildman–Crippen MR) is 126 cm³/mol. The summed E-state index contributed by atoms with van der Waals surface area (Å²) in [6.07, 6.45) is 26.0. The minimum atomic E-state index is -4.07. The molecule has 0 aliphatic carbocycles. The fraction of sp³-hybridized carbons (Fsp3) is 1.00. The first-order valence-electron chi connectivity index (χ1n) is 12.7. The molecule has 0 aliphatic rings. The lowest BCUT2D eigenvalue weighted by Crippen LogP contribution is -2.12. The largest absolute Gasteiger partial charge is 0.392 e. The maximum absolute atomic E-state index is 10.8. The number of rotatable bonds is 23. The Bertz CT molecular complexity index is 370. The summed E-state index contributed by atoms with van der Waals surface area (Å²) in [5.41, 5.74) is 0. The van der Waals surface area contributed by atoms with E-state index in [1.807, 2.05) is 0 Å². The first-order chi connectivity index (χ1) is 14.0. The highest BCUT2D eigenvalue weighted by molar-refractivity contribution is 7.51. The molecule has 0 aromatic carbocycles. The van der Waals surface area contributed by atoms with E-state index >= 15 is 0 Å². The molecule has 0 amide bonds. The first-order valence-corrected chi connectivity index (χ1v) is 14.5. The van der Waals surface area contributed by atoms with Crippen molar-refractivity contribution < 1.29 is 19.5 Å². The van der Waals surface area contributed by atoms with Gasteiger partial charge < -0.3 is 14.9 Å². The van der Waals surface area contributed by atoms with E-state index in [2.05, 4.69) is 6.92 Å². The van der Waals surface area contributed by atoms with Gasteiger partial charge in [0.1, 0.15) is 0 Å². The molecule has 0 spiro atoms. The van der Waals surface area contributed by atoms with Gasteiger partial charge in [0.05, 0.1) is 12.3 Å². The number of hydrogen-bond acceptors (Lipinski definition) is 2. The van der Waals surface area contributed by atoms with Gasteiger partial charge in [-0.1, -0.05) is 135 Å². The maximum atomic E-state index is 10.8. The van der Waals surface area contributed by atoms with Gasteiger partial charge in [-0.05, 0) is 6.42 Å². The Morgan fingerprint density at radius 2 is 0.828 bits per heavy atom. The summed E-state index contributed by atoms with van der Waals surface area (Å²) in [6, 6.07) is 0. The lowest BCUT2D eigenvalue weighted by Gasteiger charge is -2.11. The van der Waals surface area contributed by atoms with Crippen LogP contribution in [0.15, 0.2) is 0 Å². The van der Waals surface area contributed by atoms with Crippen LogP contribution in [0.25, 0.3) is 0 Å². The monoisotopic (exact) mass is 434 g/mol. The van der Waals surface area contributed by atoms with Gasteiger partial charge in [-0.2, -0.15) is 0 Å². The maximum Gasteiger partial charge on any atom is 0.328 e. The Labute approximate surface area is 181 Å². The van der Waals surface area contributed by atoms with Gasteiger partial charge in [0, 0.05) is 0 Å². The molecule has 0 saturated heterocycles. The van der Waals surface area contributed by atoms with Crippen molar-refractivity contribution in [3.05, 3.63) is 0 Å². The molecule has 0 saturated carbocycles. The smallest absolute Gasteiger partial charge is 0.328 e. The van der Waals surface area contributed by atoms with Gasteiger partial charge in [-0.25, -0.2) is 0 Å². The van der Waals surface area contributed by atoms with Crippen LogP contribution in [0.3, 0.4) is 0 Å². The lowest BCUT2D eigenvalue weighted by atomic mass is 10.0. The van der Waals surface area contributed by atoms with E-state index in [9.17, 15) is 9.67 Å². The van der Waals surface area contributed by atoms with Crippen molar-refractivity contribution >= 4 is 7.60 Å². The molecule has 0 radical (unpaired) electrons. The quantitative estimate of drug-likeness (QED) is 0.113. The molecule has 5 heteroatoms. The zero-order valence-electron chi connectivity index (χ0n) is 19.3. The summed E-state index contributed by atoms with van der Waals surface area (Å²) in [5, 5.41) is 9.54. The molecule has 0 fully saturated rings. The summed E-state index contributed by atoms with van der Waals surface area (Å²) in [6.45, 7) is 2.28. The van der Waals surface area contributed by atoms with E-state index in [4.69, 9.17) is 9.79 Å². The van der Waals surface area contributed by atoms with E-state index in [1.54, 1.807) is 0 Å². The zero-order valence-corrected chi connectivity index (χ0v) is 20.2. The molecular weight excluding hydrogens is 383 g/mol. The third-order valence-electron chi connectivity index (χ3n) is 5.84. The van der Waals surface area contributed by atoms with E-state index < -0.39 is 19.9 Å². The summed E-state index contributed by atoms with van der Waals surface area (Å²) in [7, 11) is -4.07. The van der Waals surface area contributed by atoms with Crippen LogP contribution in [0.4, 0.5) is 0 Å². The molecule has 1 atom stereocenters. The van der Waals surface area contributed by atoms with E-state index in [1.165, 1.54) is 116 Å². The van der Waals surface area contributed by atoms with Gasteiger partial charge >= 0.3 is 7.60 Å². The van der Waals surface area contributed by atoms with Crippen LogP contribution in [0.5, 0.6) is 0 Å². The molecule has 4 nitrogen and oxygen atoms in total. The van der Waals surface area contributed by atoms with Crippen molar-refractivity contribution in [3.8, 4) is 0 Å². The number of hydrogen-bond donors (Lipinski definition) is 3.